The van der Waals surface area contributed by atoms with Crippen molar-refractivity contribution in [1.29, 1.82) is 0 Å². The van der Waals surface area contributed by atoms with Crippen LogP contribution in [-0.2, 0) is 9.84 Å². The molecule has 1 aliphatic heterocycles. The van der Waals surface area contributed by atoms with Crippen LogP contribution in [0.25, 0.3) is 11.3 Å². The zero-order chi connectivity index (χ0) is 18.2. The molecule has 1 amide bonds. The van der Waals surface area contributed by atoms with Gasteiger partial charge < -0.3 is 11.1 Å². The lowest BCUT2D eigenvalue weighted by molar-refractivity contribution is 0.0948. The number of aromatic nitrogens is 1. The number of carbonyl (C=O) groups excluding carboxylic acids is 1. The molecule has 1 aliphatic rings. The van der Waals surface area contributed by atoms with Gasteiger partial charge in [0.1, 0.15) is 5.82 Å². The van der Waals surface area contributed by atoms with Crippen molar-refractivity contribution in [2.24, 2.45) is 0 Å². The number of anilines is 1. The lowest BCUT2D eigenvalue weighted by Gasteiger charge is -2.12. The van der Waals surface area contributed by atoms with Crippen LogP contribution in [0.3, 0.4) is 0 Å². The van der Waals surface area contributed by atoms with Gasteiger partial charge in [0.05, 0.1) is 23.1 Å². The molecule has 0 spiro atoms. The number of rotatable bonds is 3. The quantitative estimate of drug-likeness (QED) is 0.874. The largest absolute Gasteiger partial charge is 0.383 e. The first kappa shape index (κ1) is 17.2. The second-order valence-corrected chi connectivity index (χ2v) is 8.10. The third kappa shape index (κ3) is 3.71. The van der Waals surface area contributed by atoms with Crippen molar-refractivity contribution in [3.05, 3.63) is 58.5 Å². The second kappa shape index (κ2) is 6.33. The Balaban J connectivity index is 1.81. The third-order valence-electron chi connectivity index (χ3n) is 4.22. The summed E-state index contributed by atoms with van der Waals surface area (Å²) in [6, 6.07) is 8.78. The minimum atomic E-state index is -3.23. The minimum absolute atomic E-state index is 0.109. The number of hydrogen-bond donors (Lipinski definition) is 2. The predicted octanol–water partition coefficient (Wildman–Crippen LogP) is 1.99. The topological polar surface area (TPSA) is 102 Å². The van der Waals surface area contributed by atoms with Crippen molar-refractivity contribution >= 4 is 21.6 Å². The first-order valence-corrected chi connectivity index (χ1v) is 9.53. The molecule has 6 nitrogen and oxygen atoms in total. The Morgan fingerprint density at radius 1 is 1.20 bits per heavy atom. The summed E-state index contributed by atoms with van der Waals surface area (Å²) in [5, 5.41) is 3.76. The molecule has 0 bridgehead atoms. The number of carbonyl (C=O) groups is 1. The fraction of sp³-hybridized carbons (Fsp3) is 0.222. The molecular weight excluding hydrogens is 338 g/mol. The van der Waals surface area contributed by atoms with Crippen molar-refractivity contribution in [3.63, 3.8) is 0 Å². The van der Waals surface area contributed by atoms with Gasteiger partial charge >= 0.3 is 0 Å². The minimum Gasteiger partial charge on any atom is -0.383 e. The number of nitrogens with zero attached hydrogens (tertiary/aromatic N) is 1. The van der Waals surface area contributed by atoms with Crippen molar-refractivity contribution < 1.29 is 13.2 Å². The van der Waals surface area contributed by atoms with Crippen LogP contribution in [-0.4, -0.2) is 31.1 Å². The summed E-state index contributed by atoms with van der Waals surface area (Å²) in [4.78, 5) is 16.6. The monoisotopic (exact) mass is 357 g/mol. The van der Waals surface area contributed by atoms with E-state index in [1.165, 1.54) is 11.6 Å². The van der Waals surface area contributed by atoms with E-state index in [1.807, 2.05) is 32.0 Å². The number of sulfone groups is 1. The molecule has 0 radical (unpaired) electrons. The molecule has 1 aromatic carbocycles. The van der Waals surface area contributed by atoms with Crippen molar-refractivity contribution in [2.45, 2.75) is 19.9 Å². The summed E-state index contributed by atoms with van der Waals surface area (Å²) >= 11 is 0. The Morgan fingerprint density at radius 3 is 2.56 bits per heavy atom. The van der Waals surface area contributed by atoms with Crippen LogP contribution >= 0.6 is 0 Å². The highest BCUT2D eigenvalue weighted by Gasteiger charge is 2.24. The predicted molar refractivity (Wildman–Crippen MR) is 97.7 cm³/mol. The number of nitrogen functional groups attached to an aromatic ring is 1. The molecule has 25 heavy (non-hydrogen) atoms. The molecule has 7 heteroatoms. The van der Waals surface area contributed by atoms with E-state index in [0.29, 0.717) is 5.69 Å². The maximum Gasteiger partial charge on any atom is 0.255 e. The second-order valence-electron chi connectivity index (χ2n) is 6.17. The lowest BCUT2D eigenvalue weighted by atomic mass is 10.0. The van der Waals surface area contributed by atoms with Gasteiger partial charge in [-0.25, -0.2) is 13.4 Å². The molecule has 0 fully saturated rings. The number of benzene rings is 1. The van der Waals surface area contributed by atoms with Crippen molar-refractivity contribution in [1.82, 2.24) is 10.3 Å². The van der Waals surface area contributed by atoms with E-state index < -0.39 is 21.8 Å². The van der Waals surface area contributed by atoms with Crippen LogP contribution in [0.1, 0.15) is 21.5 Å². The fourth-order valence-corrected chi connectivity index (χ4v) is 3.88. The number of nitrogens with one attached hydrogen (secondary N) is 1. The summed E-state index contributed by atoms with van der Waals surface area (Å²) in [6.45, 7) is 4.05. The van der Waals surface area contributed by atoms with Gasteiger partial charge in [-0.2, -0.15) is 0 Å². The number of nitrogens with two attached hydrogens (primary N) is 1. The van der Waals surface area contributed by atoms with Gasteiger partial charge in [0.2, 0.25) is 0 Å². The smallest absolute Gasteiger partial charge is 0.255 e. The van der Waals surface area contributed by atoms with Crippen LogP contribution in [0.15, 0.2) is 41.8 Å². The Morgan fingerprint density at radius 2 is 1.96 bits per heavy atom. The molecule has 0 aliphatic carbocycles. The molecule has 1 aromatic heterocycles. The summed E-state index contributed by atoms with van der Waals surface area (Å²) in [7, 11) is -3.23. The Kier molecular flexibility index (Phi) is 4.34. The summed E-state index contributed by atoms with van der Waals surface area (Å²) < 4.78 is 22.8. The number of hydrogen-bond acceptors (Lipinski definition) is 5. The molecule has 2 heterocycles. The zero-order valence-electron chi connectivity index (χ0n) is 14.0. The van der Waals surface area contributed by atoms with E-state index in [2.05, 4.69) is 10.3 Å². The average molecular weight is 357 g/mol. The van der Waals surface area contributed by atoms with E-state index in [1.54, 1.807) is 12.1 Å². The molecule has 3 N–H and O–H groups in total. The molecule has 2 aromatic rings. The standard InChI is InChI=1S/C18H19N3O3S/c1-11-3-4-13(9-12(11)2)16-6-5-15(17(19)21-16)18(22)20-14-7-8-25(23,24)10-14/h3-9,14H,10H2,1-2H3,(H2,19,21)(H,20,22). The maximum atomic E-state index is 12.3. The molecule has 130 valence electrons. The van der Waals surface area contributed by atoms with Crippen LogP contribution in [0.5, 0.6) is 0 Å². The highest BCUT2D eigenvalue weighted by Crippen LogP contribution is 2.23. The van der Waals surface area contributed by atoms with Gasteiger partial charge in [0, 0.05) is 11.0 Å². The average Bonchev–Trinajstić information content (AvgIpc) is 2.88. The van der Waals surface area contributed by atoms with Crippen LogP contribution in [0, 0.1) is 13.8 Å². The van der Waals surface area contributed by atoms with Gasteiger partial charge in [0.25, 0.3) is 5.91 Å². The van der Waals surface area contributed by atoms with E-state index in [9.17, 15) is 13.2 Å². The number of aryl methyl sites for hydroxylation is 2. The van der Waals surface area contributed by atoms with Crippen LogP contribution in [0.4, 0.5) is 5.82 Å². The third-order valence-corrected chi connectivity index (χ3v) is 5.61. The SMILES string of the molecule is Cc1ccc(-c2ccc(C(=O)NC3C=CS(=O)(=O)C3)c(N)n2)cc1C. The van der Waals surface area contributed by atoms with Gasteiger partial charge in [0.15, 0.2) is 9.84 Å². The Hall–Kier alpha value is -2.67. The highest BCUT2D eigenvalue weighted by atomic mass is 32.2. The van der Waals surface area contributed by atoms with E-state index in [4.69, 9.17) is 5.73 Å². The fourth-order valence-electron chi connectivity index (χ4n) is 2.64. The normalized spacial score (nSPS) is 18.2. The van der Waals surface area contributed by atoms with Crippen molar-refractivity contribution in [3.8, 4) is 11.3 Å². The lowest BCUT2D eigenvalue weighted by Crippen LogP contribution is -2.35. The van der Waals surface area contributed by atoms with Crippen LogP contribution in [0.2, 0.25) is 0 Å². The molecule has 1 atom stereocenters. The van der Waals surface area contributed by atoms with E-state index in [0.717, 1.165) is 16.5 Å². The van der Waals surface area contributed by atoms with Gasteiger partial charge in [-0.1, -0.05) is 12.1 Å². The van der Waals surface area contributed by atoms with E-state index >= 15 is 0 Å². The summed E-state index contributed by atoms with van der Waals surface area (Å²) in [6.07, 6.45) is 1.46. The zero-order valence-corrected chi connectivity index (χ0v) is 14.8. The Bertz CT molecular complexity index is 981. The van der Waals surface area contributed by atoms with Crippen molar-refractivity contribution in [2.75, 3.05) is 11.5 Å². The molecule has 3 rings (SSSR count). The molecule has 0 saturated heterocycles. The maximum absolute atomic E-state index is 12.3. The van der Waals surface area contributed by atoms with Gasteiger partial charge in [-0.05, 0) is 49.2 Å². The van der Waals surface area contributed by atoms with Gasteiger partial charge in [-0.15, -0.1) is 0 Å². The first-order valence-electron chi connectivity index (χ1n) is 7.81. The first-order chi connectivity index (χ1) is 11.7. The van der Waals surface area contributed by atoms with Gasteiger partial charge in [-0.3, -0.25) is 4.79 Å². The highest BCUT2D eigenvalue weighted by molar-refractivity contribution is 7.94. The Labute approximate surface area is 146 Å². The van der Waals surface area contributed by atoms with E-state index in [-0.39, 0.29) is 17.1 Å². The molecule has 1 unspecified atom stereocenters. The number of pyridine rings is 1. The molecular formula is C18H19N3O3S. The van der Waals surface area contributed by atoms with Crippen LogP contribution < -0.4 is 11.1 Å². The number of amides is 1. The summed E-state index contributed by atoms with van der Waals surface area (Å²) in [5.41, 5.74) is 10.1. The summed E-state index contributed by atoms with van der Waals surface area (Å²) in [5.74, 6) is -0.464. The molecule has 0 saturated carbocycles.